The van der Waals surface area contributed by atoms with E-state index < -0.39 is 10.3 Å². The van der Waals surface area contributed by atoms with Crippen LogP contribution in [0.3, 0.4) is 0 Å². The van der Waals surface area contributed by atoms with Gasteiger partial charge in [-0.1, -0.05) is 12.1 Å². The Balaban J connectivity index is 1.95. The van der Waals surface area contributed by atoms with E-state index in [0.717, 1.165) is 11.3 Å². The highest BCUT2D eigenvalue weighted by Gasteiger charge is 2.04. The number of benzene rings is 2. The number of hydrogen-bond donors (Lipinski definition) is 3. The lowest BCUT2D eigenvalue weighted by Gasteiger charge is -2.07. The van der Waals surface area contributed by atoms with Crippen LogP contribution < -0.4 is 14.6 Å². The van der Waals surface area contributed by atoms with Crippen molar-refractivity contribution >= 4 is 16.0 Å². The molecule has 0 spiro atoms. The minimum Gasteiger partial charge on any atom is -0.508 e. The number of hydrogen-bond acceptors (Lipinski definition) is 5. The van der Waals surface area contributed by atoms with E-state index in [1.807, 2.05) is 0 Å². The minimum absolute atomic E-state index is 0.167. The molecule has 2 aromatic rings. The normalized spacial score (nSPS) is 11.1. The third-order valence-corrected chi connectivity index (χ3v) is 2.92. The molecule has 0 aliphatic rings. The lowest BCUT2D eigenvalue weighted by Crippen LogP contribution is -2.18. The van der Waals surface area contributed by atoms with E-state index in [4.69, 9.17) is 10.2 Å². The van der Waals surface area contributed by atoms with Crippen LogP contribution >= 0.6 is 0 Å². The molecule has 0 saturated carbocycles. The molecule has 4 N–H and O–H groups in total. The van der Waals surface area contributed by atoms with E-state index in [2.05, 4.69) is 9.50 Å². The molecule has 0 fully saturated rings. The van der Waals surface area contributed by atoms with E-state index in [1.54, 1.807) is 36.4 Å². The summed E-state index contributed by atoms with van der Waals surface area (Å²) in [5, 5.41) is 17.1. The highest BCUT2D eigenvalue weighted by Crippen LogP contribution is 2.16. The van der Waals surface area contributed by atoms with Crippen molar-refractivity contribution in [2.24, 2.45) is 5.14 Å². The van der Waals surface area contributed by atoms with Crippen LogP contribution in [0, 0.1) is 0 Å². The summed E-state index contributed by atoms with van der Waals surface area (Å²) < 4.78 is 26.0. The first-order valence-corrected chi connectivity index (χ1v) is 7.23. The van der Waals surface area contributed by atoms with E-state index in [0.29, 0.717) is 6.54 Å². The molecule has 0 amide bonds. The van der Waals surface area contributed by atoms with Crippen LogP contribution in [0.15, 0.2) is 48.5 Å². The van der Waals surface area contributed by atoms with Gasteiger partial charge in [0.05, 0.1) is 0 Å². The average molecular weight is 294 g/mol. The van der Waals surface area contributed by atoms with Gasteiger partial charge in [-0.05, 0) is 42.0 Å². The first-order valence-electron chi connectivity index (χ1n) is 5.76. The second-order valence-corrected chi connectivity index (χ2v) is 5.27. The van der Waals surface area contributed by atoms with Crippen LogP contribution in [-0.2, 0) is 16.8 Å². The van der Waals surface area contributed by atoms with Gasteiger partial charge >= 0.3 is 10.3 Å². The predicted molar refractivity (Wildman–Crippen MR) is 75.6 cm³/mol. The van der Waals surface area contributed by atoms with Crippen LogP contribution in [0.5, 0.6) is 11.5 Å². The molecule has 2 aromatic carbocycles. The van der Waals surface area contributed by atoms with E-state index in [1.165, 1.54) is 12.1 Å². The number of anilines is 1. The van der Waals surface area contributed by atoms with Gasteiger partial charge in [0.15, 0.2) is 0 Å². The van der Waals surface area contributed by atoms with E-state index in [-0.39, 0.29) is 11.5 Å². The lowest BCUT2D eigenvalue weighted by atomic mass is 10.2. The molecule has 0 aromatic heterocycles. The second kappa shape index (κ2) is 5.81. The molecule has 0 saturated heterocycles. The summed E-state index contributed by atoms with van der Waals surface area (Å²) in [5.74, 6) is 0.376. The Labute approximate surface area is 117 Å². The minimum atomic E-state index is -3.99. The largest absolute Gasteiger partial charge is 0.508 e. The number of phenolic OH excluding ortho intramolecular Hbond substituents is 1. The van der Waals surface area contributed by atoms with Crippen molar-refractivity contribution in [3.8, 4) is 11.5 Å². The SMILES string of the molecule is NS(=O)(=O)Oc1ccc(CNc2ccc(O)cc2)cc1. The zero-order chi connectivity index (χ0) is 14.6. The molecule has 0 aliphatic carbocycles. The molecule has 0 atom stereocenters. The van der Waals surface area contributed by atoms with Crippen molar-refractivity contribution in [2.45, 2.75) is 6.54 Å². The van der Waals surface area contributed by atoms with Crippen molar-refractivity contribution < 1.29 is 17.7 Å². The van der Waals surface area contributed by atoms with Crippen LogP contribution in [-0.4, -0.2) is 13.5 Å². The van der Waals surface area contributed by atoms with Gasteiger partial charge in [0.25, 0.3) is 0 Å². The quantitative estimate of drug-likeness (QED) is 0.727. The van der Waals surface area contributed by atoms with Gasteiger partial charge in [-0.15, -0.1) is 0 Å². The second-order valence-electron chi connectivity index (χ2n) is 4.12. The summed E-state index contributed by atoms with van der Waals surface area (Å²) in [5.41, 5.74) is 1.81. The highest BCUT2D eigenvalue weighted by atomic mass is 32.2. The Morgan fingerprint density at radius 2 is 1.65 bits per heavy atom. The van der Waals surface area contributed by atoms with Crippen molar-refractivity contribution in [2.75, 3.05) is 5.32 Å². The van der Waals surface area contributed by atoms with Crippen molar-refractivity contribution in [1.29, 1.82) is 0 Å². The summed E-state index contributed by atoms with van der Waals surface area (Å²) >= 11 is 0. The highest BCUT2D eigenvalue weighted by molar-refractivity contribution is 7.84. The van der Waals surface area contributed by atoms with Crippen LogP contribution in [0.1, 0.15) is 5.56 Å². The predicted octanol–water partition coefficient (Wildman–Crippen LogP) is 1.59. The van der Waals surface area contributed by atoms with E-state index >= 15 is 0 Å². The molecular weight excluding hydrogens is 280 g/mol. The molecule has 2 rings (SSSR count). The summed E-state index contributed by atoms with van der Waals surface area (Å²) in [7, 11) is -3.99. The number of aromatic hydroxyl groups is 1. The Morgan fingerprint density at radius 3 is 2.20 bits per heavy atom. The fourth-order valence-electron chi connectivity index (χ4n) is 1.58. The zero-order valence-corrected chi connectivity index (χ0v) is 11.3. The number of phenols is 1. The van der Waals surface area contributed by atoms with Gasteiger partial charge in [-0.2, -0.15) is 13.6 Å². The molecule has 0 heterocycles. The van der Waals surface area contributed by atoms with Crippen molar-refractivity contribution in [3.63, 3.8) is 0 Å². The number of nitrogens with one attached hydrogen (secondary N) is 1. The Kier molecular flexibility index (Phi) is 4.11. The van der Waals surface area contributed by atoms with Gasteiger partial charge in [0.1, 0.15) is 11.5 Å². The van der Waals surface area contributed by atoms with Gasteiger partial charge in [0, 0.05) is 12.2 Å². The number of nitrogens with two attached hydrogens (primary N) is 1. The fourth-order valence-corrected chi connectivity index (χ4v) is 1.96. The maximum Gasteiger partial charge on any atom is 0.380 e. The van der Waals surface area contributed by atoms with Crippen LogP contribution in [0.2, 0.25) is 0 Å². The lowest BCUT2D eigenvalue weighted by molar-refractivity contribution is 0.475. The molecule has 0 radical (unpaired) electrons. The van der Waals surface area contributed by atoms with Gasteiger partial charge < -0.3 is 14.6 Å². The standard InChI is InChI=1S/C13H14N2O4S/c14-20(17,18)19-13-7-1-10(2-8-13)9-15-11-3-5-12(16)6-4-11/h1-8,15-16H,9H2,(H2,14,17,18). The molecule has 106 valence electrons. The van der Waals surface area contributed by atoms with Crippen molar-refractivity contribution in [3.05, 3.63) is 54.1 Å². The zero-order valence-electron chi connectivity index (χ0n) is 10.5. The maximum atomic E-state index is 10.7. The van der Waals surface area contributed by atoms with Crippen molar-refractivity contribution in [1.82, 2.24) is 0 Å². The number of rotatable bonds is 5. The van der Waals surface area contributed by atoms with Gasteiger partial charge in [-0.3, -0.25) is 0 Å². The molecule has 0 unspecified atom stereocenters. The monoisotopic (exact) mass is 294 g/mol. The Morgan fingerprint density at radius 1 is 1.05 bits per heavy atom. The summed E-state index contributed by atoms with van der Waals surface area (Å²) in [6.45, 7) is 0.556. The summed E-state index contributed by atoms with van der Waals surface area (Å²) in [4.78, 5) is 0. The summed E-state index contributed by atoms with van der Waals surface area (Å²) in [6.07, 6.45) is 0. The Hall–Kier alpha value is -2.25. The van der Waals surface area contributed by atoms with Crippen LogP contribution in [0.4, 0.5) is 5.69 Å². The average Bonchev–Trinajstić information content (AvgIpc) is 2.38. The topological polar surface area (TPSA) is 102 Å². The van der Waals surface area contributed by atoms with Crippen LogP contribution in [0.25, 0.3) is 0 Å². The third-order valence-electron chi connectivity index (χ3n) is 2.50. The molecule has 20 heavy (non-hydrogen) atoms. The first-order chi connectivity index (χ1) is 9.42. The smallest absolute Gasteiger partial charge is 0.380 e. The van der Waals surface area contributed by atoms with Gasteiger partial charge in [-0.25, -0.2) is 0 Å². The third kappa shape index (κ3) is 4.45. The first kappa shape index (κ1) is 14.2. The molecule has 7 heteroatoms. The molecule has 6 nitrogen and oxygen atoms in total. The molecular formula is C13H14N2O4S. The van der Waals surface area contributed by atoms with E-state index in [9.17, 15) is 8.42 Å². The molecule has 0 aliphatic heterocycles. The van der Waals surface area contributed by atoms with Gasteiger partial charge in [0.2, 0.25) is 0 Å². The maximum absolute atomic E-state index is 10.7. The fraction of sp³-hybridized carbons (Fsp3) is 0.0769. The summed E-state index contributed by atoms with van der Waals surface area (Å²) in [6, 6.07) is 13.2. The Bertz CT molecular complexity index is 667. The molecule has 0 bridgehead atoms.